The van der Waals surface area contributed by atoms with E-state index in [0.717, 1.165) is 10.5 Å². The van der Waals surface area contributed by atoms with Crippen molar-refractivity contribution in [1.29, 1.82) is 0 Å². The molecule has 0 heterocycles. The normalized spacial score (nSPS) is 12.9. The molecule has 0 amide bonds. The summed E-state index contributed by atoms with van der Waals surface area (Å²) in [5.41, 5.74) is 0.722. The largest absolute Gasteiger partial charge is 0.339 e. The summed E-state index contributed by atoms with van der Waals surface area (Å²) in [6, 6.07) is 8.68. The van der Waals surface area contributed by atoms with E-state index in [1.807, 2.05) is 0 Å². The third-order valence-electron chi connectivity index (χ3n) is 2.02. The number of benzene rings is 1. The minimum absolute atomic E-state index is 0.0665. The highest BCUT2D eigenvalue weighted by Gasteiger charge is 2.25. The van der Waals surface area contributed by atoms with Gasteiger partial charge >= 0.3 is 15.2 Å². The summed E-state index contributed by atoms with van der Waals surface area (Å²) in [6.07, 6.45) is -1.37. The van der Waals surface area contributed by atoms with Crippen molar-refractivity contribution in [2.75, 3.05) is 12.6 Å². The molecule has 0 fully saturated rings. The summed E-state index contributed by atoms with van der Waals surface area (Å²) < 4.78 is 21.8. The lowest BCUT2D eigenvalue weighted by Gasteiger charge is -2.22. The standard InChI is InChI=1S/C9H15NO6P2/c11-17(12,13)7-10(8-18(14,15)16)6-9-4-2-1-3-5-9/h1-5H,6-8H2,(H2,11,12,13)(H2,14,15,16). The van der Waals surface area contributed by atoms with E-state index in [-0.39, 0.29) is 6.54 Å². The van der Waals surface area contributed by atoms with Crippen LogP contribution in [0.5, 0.6) is 0 Å². The Morgan fingerprint density at radius 3 is 1.72 bits per heavy atom. The van der Waals surface area contributed by atoms with Crippen LogP contribution in [-0.4, -0.2) is 37.0 Å². The van der Waals surface area contributed by atoms with Crippen molar-refractivity contribution in [1.82, 2.24) is 4.90 Å². The van der Waals surface area contributed by atoms with E-state index < -0.39 is 27.8 Å². The Morgan fingerprint density at radius 1 is 0.889 bits per heavy atom. The summed E-state index contributed by atoms with van der Waals surface area (Å²) in [4.78, 5) is 36.6. The first kappa shape index (κ1) is 15.5. The van der Waals surface area contributed by atoms with Crippen molar-refractivity contribution in [3.63, 3.8) is 0 Å². The van der Waals surface area contributed by atoms with Gasteiger partial charge in [-0.05, 0) is 5.56 Å². The third kappa shape index (κ3) is 7.03. The summed E-state index contributed by atoms with van der Waals surface area (Å²) >= 11 is 0. The average Bonchev–Trinajstić information content (AvgIpc) is 2.13. The molecule has 0 aliphatic heterocycles. The highest BCUT2D eigenvalue weighted by molar-refractivity contribution is 7.52. The molecule has 0 aromatic heterocycles. The summed E-state index contributed by atoms with van der Waals surface area (Å²) in [6.45, 7) is 0.0665. The lowest BCUT2D eigenvalue weighted by Crippen LogP contribution is -2.25. The molecule has 4 N–H and O–H groups in total. The van der Waals surface area contributed by atoms with Crippen LogP contribution in [-0.2, 0) is 15.7 Å². The molecule has 9 heteroatoms. The second-order valence-corrected chi connectivity index (χ2v) is 7.15. The maximum atomic E-state index is 10.9. The number of rotatable bonds is 6. The summed E-state index contributed by atoms with van der Waals surface area (Å²) in [5.74, 6) is 0. The van der Waals surface area contributed by atoms with Crippen LogP contribution in [0, 0.1) is 0 Å². The van der Waals surface area contributed by atoms with Crippen molar-refractivity contribution in [3.8, 4) is 0 Å². The number of hydrogen-bond acceptors (Lipinski definition) is 3. The van der Waals surface area contributed by atoms with Gasteiger partial charge in [0.15, 0.2) is 0 Å². The van der Waals surface area contributed by atoms with Crippen LogP contribution in [0.1, 0.15) is 5.56 Å². The maximum absolute atomic E-state index is 10.9. The van der Waals surface area contributed by atoms with E-state index in [4.69, 9.17) is 19.6 Å². The Hall–Kier alpha value is -0.520. The summed E-state index contributed by atoms with van der Waals surface area (Å²) in [5, 5.41) is 0. The maximum Gasteiger partial charge on any atom is 0.339 e. The smallest absolute Gasteiger partial charge is 0.324 e. The van der Waals surface area contributed by atoms with Gasteiger partial charge in [-0.25, -0.2) is 0 Å². The molecule has 0 aliphatic rings. The molecule has 1 aromatic carbocycles. The molecule has 102 valence electrons. The van der Waals surface area contributed by atoms with Gasteiger partial charge in [0.2, 0.25) is 0 Å². The van der Waals surface area contributed by atoms with Gasteiger partial charge in [-0.15, -0.1) is 0 Å². The average molecular weight is 295 g/mol. The van der Waals surface area contributed by atoms with Gasteiger partial charge < -0.3 is 19.6 Å². The highest BCUT2D eigenvalue weighted by atomic mass is 31.2. The zero-order chi connectivity index (χ0) is 13.8. The summed E-state index contributed by atoms with van der Waals surface area (Å²) in [7, 11) is -8.72. The lowest BCUT2D eigenvalue weighted by molar-refractivity contribution is 0.273. The molecular formula is C9H15NO6P2. The van der Waals surface area contributed by atoms with Crippen molar-refractivity contribution < 1.29 is 28.7 Å². The molecule has 1 aromatic rings. The second-order valence-electron chi connectivity index (χ2n) is 3.93. The first-order valence-corrected chi connectivity index (χ1v) is 8.61. The van der Waals surface area contributed by atoms with Crippen LogP contribution in [0.4, 0.5) is 0 Å². The van der Waals surface area contributed by atoms with Gasteiger partial charge in [0.1, 0.15) is 12.6 Å². The minimum atomic E-state index is -4.36. The Morgan fingerprint density at radius 2 is 1.33 bits per heavy atom. The van der Waals surface area contributed by atoms with E-state index in [9.17, 15) is 9.13 Å². The zero-order valence-corrected chi connectivity index (χ0v) is 11.2. The number of hydrogen-bond donors (Lipinski definition) is 4. The van der Waals surface area contributed by atoms with Crippen molar-refractivity contribution in [3.05, 3.63) is 35.9 Å². The molecule has 0 saturated heterocycles. The molecule has 0 aliphatic carbocycles. The van der Waals surface area contributed by atoms with E-state index in [1.165, 1.54) is 0 Å². The van der Waals surface area contributed by atoms with Gasteiger partial charge in [0, 0.05) is 6.54 Å². The fourth-order valence-corrected chi connectivity index (χ4v) is 3.11. The Labute approximate surface area is 104 Å². The fraction of sp³-hybridized carbons (Fsp3) is 0.333. The number of nitrogens with zero attached hydrogens (tertiary/aromatic N) is 1. The predicted molar refractivity (Wildman–Crippen MR) is 65.8 cm³/mol. The monoisotopic (exact) mass is 295 g/mol. The van der Waals surface area contributed by atoms with E-state index >= 15 is 0 Å². The Balaban J connectivity index is 2.78. The van der Waals surface area contributed by atoms with Gasteiger partial charge in [-0.2, -0.15) is 0 Å². The highest BCUT2D eigenvalue weighted by Crippen LogP contribution is 2.41. The van der Waals surface area contributed by atoms with Crippen LogP contribution >= 0.6 is 15.2 Å². The van der Waals surface area contributed by atoms with E-state index in [1.54, 1.807) is 30.3 Å². The van der Waals surface area contributed by atoms with Crippen LogP contribution in [0.2, 0.25) is 0 Å². The minimum Gasteiger partial charge on any atom is -0.324 e. The Kier molecular flexibility index (Phi) is 5.25. The first-order valence-electron chi connectivity index (χ1n) is 5.01. The molecule has 0 saturated carbocycles. The van der Waals surface area contributed by atoms with Gasteiger partial charge in [0.25, 0.3) is 0 Å². The second kappa shape index (κ2) is 6.08. The molecule has 7 nitrogen and oxygen atoms in total. The fourth-order valence-electron chi connectivity index (χ4n) is 1.51. The SMILES string of the molecule is O=P(O)(O)CN(Cc1ccccc1)CP(=O)(O)O. The van der Waals surface area contributed by atoms with Crippen molar-refractivity contribution >= 4 is 15.2 Å². The van der Waals surface area contributed by atoms with Crippen LogP contribution in [0.15, 0.2) is 30.3 Å². The predicted octanol–water partition coefficient (Wildman–Crippen LogP) is 0.759. The van der Waals surface area contributed by atoms with E-state index in [0.29, 0.717) is 0 Å². The van der Waals surface area contributed by atoms with Crippen LogP contribution < -0.4 is 0 Å². The molecule has 0 spiro atoms. The first-order chi connectivity index (χ1) is 8.16. The molecule has 18 heavy (non-hydrogen) atoms. The van der Waals surface area contributed by atoms with Crippen molar-refractivity contribution in [2.24, 2.45) is 0 Å². The van der Waals surface area contributed by atoms with Gasteiger partial charge in [-0.1, -0.05) is 30.3 Å². The topological polar surface area (TPSA) is 118 Å². The Bertz CT molecular complexity index is 443. The molecular weight excluding hydrogens is 280 g/mol. The molecule has 1 rings (SSSR count). The molecule has 0 atom stereocenters. The zero-order valence-electron chi connectivity index (χ0n) is 9.46. The molecule has 0 unspecified atom stereocenters. The van der Waals surface area contributed by atoms with E-state index in [2.05, 4.69) is 0 Å². The van der Waals surface area contributed by atoms with Crippen molar-refractivity contribution in [2.45, 2.75) is 6.54 Å². The van der Waals surface area contributed by atoms with Gasteiger partial charge in [0.05, 0.1) is 0 Å². The molecule has 0 radical (unpaired) electrons. The van der Waals surface area contributed by atoms with Crippen LogP contribution in [0.25, 0.3) is 0 Å². The molecule has 0 bridgehead atoms. The quantitative estimate of drug-likeness (QED) is 0.572. The van der Waals surface area contributed by atoms with Crippen LogP contribution in [0.3, 0.4) is 0 Å². The van der Waals surface area contributed by atoms with Gasteiger partial charge in [-0.3, -0.25) is 14.0 Å². The third-order valence-corrected chi connectivity index (χ3v) is 3.55. The lowest BCUT2D eigenvalue weighted by atomic mass is 10.2.